The Morgan fingerprint density at radius 1 is 1.03 bits per heavy atom. The molecule has 5 rings (SSSR count). The maximum Gasteiger partial charge on any atom is 0.416 e. The highest BCUT2D eigenvalue weighted by Crippen LogP contribution is 2.35. The zero-order valence-corrected chi connectivity index (χ0v) is 16.9. The van der Waals surface area contributed by atoms with E-state index in [1.54, 1.807) is 22.8 Å². The second kappa shape index (κ2) is 6.73. The first-order chi connectivity index (χ1) is 14.8. The number of benzene rings is 2. The molecule has 0 atom stereocenters. The molecule has 0 spiro atoms. The quantitative estimate of drug-likeness (QED) is 0.499. The van der Waals surface area contributed by atoms with Gasteiger partial charge in [-0.15, -0.1) is 0 Å². The van der Waals surface area contributed by atoms with E-state index in [-0.39, 0.29) is 5.91 Å². The molecule has 4 aromatic rings. The largest absolute Gasteiger partial charge is 0.416 e. The number of carbonyl (C=O) groups is 1. The van der Waals surface area contributed by atoms with E-state index >= 15 is 0 Å². The summed E-state index contributed by atoms with van der Waals surface area (Å²) in [5, 5.41) is 2.89. The van der Waals surface area contributed by atoms with E-state index in [1.807, 2.05) is 30.5 Å². The van der Waals surface area contributed by atoms with Crippen LogP contribution in [0.5, 0.6) is 0 Å². The number of hydrogen-bond acceptors (Lipinski definition) is 2. The van der Waals surface area contributed by atoms with E-state index in [0.29, 0.717) is 35.7 Å². The van der Waals surface area contributed by atoms with Crippen molar-refractivity contribution in [2.75, 3.05) is 6.54 Å². The van der Waals surface area contributed by atoms with Gasteiger partial charge in [0.25, 0.3) is 5.91 Å². The van der Waals surface area contributed by atoms with Gasteiger partial charge in [-0.2, -0.15) is 13.2 Å². The Morgan fingerprint density at radius 3 is 2.58 bits per heavy atom. The van der Waals surface area contributed by atoms with Crippen molar-refractivity contribution in [2.45, 2.75) is 26.6 Å². The fourth-order valence-corrected chi connectivity index (χ4v) is 4.38. The molecule has 158 valence electrons. The van der Waals surface area contributed by atoms with Crippen molar-refractivity contribution in [1.29, 1.82) is 0 Å². The molecule has 0 saturated carbocycles. The topological polar surface area (TPSA) is 51.9 Å². The summed E-state index contributed by atoms with van der Waals surface area (Å²) < 4.78 is 43.5. The van der Waals surface area contributed by atoms with E-state index in [2.05, 4.69) is 5.32 Å². The van der Waals surface area contributed by atoms with Crippen molar-refractivity contribution in [3.05, 3.63) is 71.0 Å². The Kier molecular flexibility index (Phi) is 4.22. The first-order valence-corrected chi connectivity index (χ1v) is 9.90. The molecule has 0 fully saturated rings. The Morgan fingerprint density at radius 2 is 1.81 bits per heavy atom. The molecule has 0 radical (unpaired) electrons. The minimum Gasteiger partial charge on any atom is -0.350 e. The van der Waals surface area contributed by atoms with Gasteiger partial charge in [-0.05, 0) is 50.2 Å². The van der Waals surface area contributed by atoms with Gasteiger partial charge in [-0.25, -0.2) is 4.98 Å². The predicted molar refractivity (Wildman–Crippen MR) is 111 cm³/mol. The fourth-order valence-electron chi connectivity index (χ4n) is 4.38. The number of imidazole rings is 1. The Balaban J connectivity index is 1.71. The summed E-state index contributed by atoms with van der Waals surface area (Å²) in [6.45, 7) is 4.76. The second-order valence-corrected chi connectivity index (χ2v) is 7.68. The first kappa shape index (κ1) is 19.4. The number of aromatic nitrogens is 3. The lowest BCUT2D eigenvalue weighted by Crippen LogP contribution is -2.24. The molecule has 1 aliphatic heterocycles. The summed E-state index contributed by atoms with van der Waals surface area (Å²) in [5.41, 5.74) is 4.23. The van der Waals surface area contributed by atoms with Crippen LogP contribution in [0.2, 0.25) is 0 Å². The van der Waals surface area contributed by atoms with Crippen LogP contribution >= 0.6 is 0 Å². The Labute approximate surface area is 176 Å². The smallest absolute Gasteiger partial charge is 0.350 e. The van der Waals surface area contributed by atoms with Gasteiger partial charge in [0.05, 0.1) is 22.2 Å². The van der Waals surface area contributed by atoms with Crippen LogP contribution < -0.4 is 5.32 Å². The maximum atomic E-state index is 13.2. The van der Waals surface area contributed by atoms with Gasteiger partial charge < -0.3 is 14.5 Å². The maximum absolute atomic E-state index is 13.2. The SMILES string of the molecule is Cc1cc(-c2nc3cccc4c3n2CCNC4=O)c(C)n1-c1cccc(C(F)(F)F)c1. The number of nitrogens with one attached hydrogen (secondary N) is 1. The minimum atomic E-state index is -4.41. The molecule has 1 amide bonds. The average molecular weight is 424 g/mol. The van der Waals surface area contributed by atoms with Crippen molar-refractivity contribution in [1.82, 2.24) is 19.4 Å². The van der Waals surface area contributed by atoms with Gasteiger partial charge in [-0.3, -0.25) is 4.79 Å². The van der Waals surface area contributed by atoms with Gasteiger partial charge in [-0.1, -0.05) is 12.1 Å². The van der Waals surface area contributed by atoms with Crippen molar-refractivity contribution < 1.29 is 18.0 Å². The van der Waals surface area contributed by atoms with Crippen molar-refractivity contribution in [3.63, 3.8) is 0 Å². The number of aryl methyl sites for hydroxylation is 1. The van der Waals surface area contributed by atoms with Crippen LogP contribution in [0, 0.1) is 13.8 Å². The van der Waals surface area contributed by atoms with E-state index in [4.69, 9.17) is 4.98 Å². The highest BCUT2D eigenvalue weighted by Gasteiger charge is 2.31. The van der Waals surface area contributed by atoms with E-state index < -0.39 is 11.7 Å². The highest BCUT2D eigenvalue weighted by atomic mass is 19.4. The van der Waals surface area contributed by atoms with Crippen LogP contribution in [0.4, 0.5) is 13.2 Å². The van der Waals surface area contributed by atoms with Crippen LogP contribution in [-0.2, 0) is 12.7 Å². The number of para-hydroxylation sites is 1. The lowest BCUT2D eigenvalue weighted by molar-refractivity contribution is -0.137. The number of alkyl halides is 3. The van der Waals surface area contributed by atoms with E-state index in [1.165, 1.54) is 6.07 Å². The van der Waals surface area contributed by atoms with Crippen LogP contribution in [-0.4, -0.2) is 26.6 Å². The Bertz CT molecular complexity index is 1350. The third-order valence-electron chi connectivity index (χ3n) is 5.74. The first-order valence-electron chi connectivity index (χ1n) is 9.90. The molecule has 5 nitrogen and oxygen atoms in total. The predicted octanol–water partition coefficient (Wildman–Crippen LogP) is 4.87. The summed E-state index contributed by atoms with van der Waals surface area (Å²) in [6, 6.07) is 12.7. The number of carbonyl (C=O) groups excluding carboxylic acids is 1. The van der Waals surface area contributed by atoms with Gasteiger partial charge in [0.15, 0.2) is 0 Å². The molecule has 31 heavy (non-hydrogen) atoms. The number of nitrogens with zero attached hydrogens (tertiary/aromatic N) is 3. The summed E-state index contributed by atoms with van der Waals surface area (Å²) in [6.07, 6.45) is -4.41. The average Bonchev–Trinajstić information content (AvgIpc) is 3.17. The highest BCUT2D eigenvalue weighted by molar-refractivity contribution is 6.06. The third-order valence-corrected chi connectivity index (χ3v) is 5.74. The molecular formula is C23H19F3N4O. The minimum absolute atomic E-state index is 0.134. The monoisotopic (exact) mass is 424 g/mol. The van der Waals surface area contributed by atoms with Crippen LogP contribution in [0.25, 0.3) is 28.1 Å². The summed E-state index contributed by atoms with van der Waals surface area (Å²) in [7, 11) is 0. The van der Waals surface area contributed by atoms with Gasteiger partial charge in [0, 0.05) is 35.7 Å². The molecule has 1 N–H and O–H groups in total. The molecule has 2 aromatic carbocycles. The van der Waals surface area contributed by atoms with E-state index in [9.17, 15) is 18.0 Å². The summed E-state index contributed by atoms with van der Waals surface area (Å²) >= 11 is 0. The number of amides is 1. The van der Waals surface area contributed by atoms with Crippen molar-refractivity contribution in [2.24, 2.45) is 0 Å². The molecule has 3 heterocycles. The molecule has 0 aliphatic carbocycles. The normalized spacial score (nSPS) is 14.0. The Hall–Kier alpha value is -3.55. The molecule has 2 aromatic heterocycles. The van der Waals surface area contributed by atoms with Crippen LogP contribution in [0.1, 0.15) is 27.3 Å². The van der Waals surface area contributed by atoms with E-state index in [0.717, 1.165) is 34.6 Å². The zero-order valence-electron chi connectivity index (χ0n) is 16.9. The molecule has 0 saturated heterocycles. The van der Waals surface area contributed by atoms with Gasteiger partial charge in [0.1, 0.15) is 5.82 Å². The third kappa shape index (κ3) is 3.01. The molecule has 8 heteroatoms. The lowest BCUT2D eigenvalue weighted by Gasteiger charge is -2.13. The van der Waals surface area contributed by atoms with Crippen molar-refractivity contribution >= 4 is 16.9 Å². The molecule has 0 bridgehead atoms. The van der Waals surface area contributed by atoms with Gasteiger partial charge >= 0.3 is 6.18 Å². The van der Waals surface area contributed by atoms with Gasteiger partial charge in [0.2, 0.25) is 0 Å². The summed E-state index contributed by atoms with van der Waals surface area (Å²) in [4.78, 5) is 17.2. The zero-order chi connectivity index (χ0) is 21.9. The number of halogens is 3. The summed E-state index contributed by atoms with van der Waals surface area (Å²) in [5.74, 6) is 0.565. The molecule has 1 aliphatic rings. The lowest BCUT2D eigenvalue weighted by atomic mass is 10.1. The fraction of sp³-hybridized carbons (Fsp3) is 0.217. The molecule has 0 unspecified atom stereocenters. The van der Waals surface area contributed by atoms with Crippen LogP contribution in [0.15, 0.2) is 48.5 Å². The number of hydrogen-bond donors (Lipinski definition) is 1. The van der Waals surface area contributed by atoms with Crippen molar-refractivity contribution in [3.8, 4) is 17.1 Å². The van der Waals surface area contributed by atoms with Crippen LogP contribution in [0.3, 0.4) is 0 Å². The molecular weight excluding hydrogens is 405 g/mol. The second-order valence-electron chi connectivity index (χ2n) is 7.68. The number of rotatable bonds is 2. The standard InChI is InChI=1S/C23H19F3N4O/c1-13-11-18(14(2)30(13)16-6-3-5-15(12-16)23(24,25)26)21-28-19-8-4-7-17-20(19)29(21)10-9-27-22(17)31/h3-8,11-12H,9-10H2,1-2H3,(H,27,31).